The molecule has 194 valence electrons. The molecular weight excluding hydrogens is 486 g/mol. The van der Waals surface area contributed by atoms with Crippen LogP contribution in [0.15, 0.2) is 78.9 Å². The number of anilines is 1. The zero-order chi connectivity index (χ0) is 26.9. The predicted octanol–water partition coefficient (Wildman–Crippen LogP) is 5.22. The van der Waals surface area contributed by atoms with Crippen LogP contribution in [0.25, 0.3) is 23.2 Å². The van der Waals surface area contributed by atoms with Crippen molar-refractivity contribution < 1.29 is 19.2 Å². The fraction of sp³-hybridized carbons (Fsp3) is 0.179. The average molecular weight is 514 g/mol. The number of nitrogens with one attached hydrogen (secondary N) is 1. The van der Waals surface area contributed by atoms with E-state index >= 15 is 0 Å². The molecule has 10 heteroatoms. The zero-order valence-electron chi connectivity index (χ0n) is 21.0. The summed E-state index contributed by atoms with van der Waals surface area (Å²) in [7, 11) is 0. The maximum absolute atomic E-state index is 12.4. The first kappa shape index (κ1) is 26.2. The normalized spacial score (nSPS) is 11.0. The van der Waals surface area contributed by atoms with Gasteiger partial charge in [0.15, 0.2) is 5.82 Å². The first-order chi connectivity index (χ1) is 18.4. The van der Waals surface area contributed by atoms with Gasteiger partial charge in [0.1, 0.15) is 6.61 Å². The fourth-order valence-electron chi connectivity index (χ4n) is 3.51. The molecule has 38 heavy (non-hydrogen) atoms. The number of amides is 1. The SMILES string of the molecule is CCOCCOc1nc(-c2ccc(C)cc2)n(-c2ccc(NC(=O)/C=C/c3ccc([N+](=O)[O-])cc3)cc2)n1. The van der Waals surface area contributed by atoms with E-state index in [-0.39, 0.29) is 17.6 Å². The Hall–Kier alpha value is -4.83. The van der Waals surface area contributed by atoms with Crippen molar-refractivity contribution >= 4 is 23.4 Å². The average Bonchev–Trinajstić information content (AvgIpc) is 3.35. The summed E-state index contributed by atoms with van der Waals surface area (Å²) in [5, 5.41) is 18.1. The molecule has 0 saturated heterocycles. The second-order valence-electron chi connectivity index (χ2n) is 8.26. The molecule has 10 nitrogen and oxygen atoms in total. The lowest BCUT2D eigenvalue weighted by molar-refractivity contribution is -0.384. The number of ether oxygens (including phenoxy) is 2. The number of rotatable bonds is 11. The summed E-state index contributed by atoms with van der Waals surface area (Å²) in [6, 6.07) is 21.3. The minimum absolute atomic E-state index is 0.00574. The van der Waals surface area contributed by atoms with Gasteiger partial charge in [-0.1, -0.05) is 29.8 Å². The number of aryl methyl sites for hydroxylation is 1. The maximum Gasteiger partial charge on any atom is 0.336 e. The summed E-state index contributed by atoms with van der Waals surface area (Å²) >= 11 is 0. The van der Waals surface area contributed by atoms with Crippen molar-refractivity contribution in [2.45, 2.75) is 13.8 Å². The first-order valence-corrected chi connectivity index (χ1v) is 12.0. The molecule has 0 aliphatic heterocycles. The van der Waals surface area contributed by atoms with E-state index in [1.165, 1.54) is 18.2 Å². The predicted molar refractivity (Wildman–Crippen MR) is 144 cm³/mol. The van der Waals surface area contributed by atoms with Gasteiger partial charge in [-0.3, -0.25) is 14.9 Å². The molecule has 0 fully saturated rings. The first-order valence-electron chi connectivity index (χ1n) is 12.0. The van der Waals surface area contributed by atoms with Crippen LogP contribution in [0.1, 0.15) is 18.1 Å². The molecule has 0 aliphatic carbocycles. The number of non-ortho nitro benzene ring substituents is 1. The number of carbonyl (C=O) groups excluding carboxylic acids is 1. The lowest BCUT2D eigenvalue weighted by Gasteiger charge is -2.08. The van der Waals surface area contributed by atoms with Gasteiger partial charge >= 0.3 is 6.01 Å². The molecular formula is C28H27N5O5. The van der Waals surface area contributed by atoms with E-state index in [0.717, 1.165) is 16.8 Å². The minimum Gasteiger partial charge on any atom is -0.460 e. The second kappa shape index (κ2) is 12.4. The van der Waals surface area contributed by atoms with Crippen LogP contribution in [0.2, 0.25) is 0 Å². The Balaban J connectivity index is 1.48. The number of nitro benzene ring substituents is 1. The van der Waals surface area contributed by atoms with Gasteiger partial charge in [0.05, 0.1) is 17.2 Å². The zero-order valence-corrected chi connectivity index (χ0v) is 21.0. The third-order valence-corrected chi connectivity index (χ3v) is 5.47. The van der Waals surface area contributed by atoms with Gasteiger partial charge < -0.3 is 14.8 Å². The molecule has 0 unspecified atom stereocenters. The molecule has 1 N–H and O–H groups in total. The number of benzene rings is 3. The van der Waals surface area contributed by atoms with Gasteiger partial charge in [0.2, 0.25) is 5.91 Å². The van der Waals surface area contributed by atoms with Crippen molar-refractivity contribution in [3.8, 4) is 23.1 Å². The second-order valence-corrected chi connectivity index (χ2v) is 8.26. The van der Waals surface area contributed by atoms with Crippen molar-refractivity contribution in [2.75, 3.05) is 25.1 Å². The van der Waals surface area contributed by atoms with E-state index in [4.69, 9.17) is 9.47 Å². The van der Waals surface area contributed by atoms with E-state index < -0.39 is 4.92 Å². The van der Waals surface area contributed by atoms with Gasteiger partial charge in [0, 0.05) is 36.1 Å². The van der Waals surface area contributed by atoms with Crippen LogP contribution >= 0.6 is 0 Å². The van der Waals surface area contributed by atoms with Crippen molar-refractivity contribution in [3.63, 3.8) is 0 Å². The molecule has 3 aromatic carbocycles. The van der Waals surface area contributed by atoms with Crippen LogP contribution in [-0.2, 0) is 9.53 Å². The largest absolute Gasteiger partial charge is 0.460 e. The highest BCUT2D eigenvalue weighted by atomic mass is 16.6. The lowest BCUT2D eigenvalue weighted by Crippen LogP contribution is -2.08. The molecule has 4 rings (SSSR count). The number of carbonyl (C=O) groups is 1. The van der Waals surface area contributed by atoms with Crippen molar-refractivity contribution in [2.24, 2.45) is 0 Å². The molecule has 0 atom stereocenters. The topological polar surface area (TPSA) is 121 Å². The molecule has 0 aliphatic rings. The quantitative estimate of drug-likeness (QED) is 0.126. The van der Waals surface area contributed by atoms with Crippen molar-refractivity contribution in [3.05, 3.63) is 100 Å². The molecule has 1 amide bonds. The summed E-state index contributed by atoms with van der Waals surface area (Å²) in [6.45, 7) is 5.33. The molecule has 0 radical (unpaired) electrons. The third kappa shape index (κ3) is 6.89. The summed E-state index contributed by atoms with van der Waals surface area (Å²) in [5.41, 5.74) is 4.03. The van der Waals surface area contributed by atoms with E-state index in [9.17, 15) is 14.9 Å². The van der Waals surface area contributed by atoms with E-state index in [0.29, 0.717) is 36.9 Å². The number of nitro groups is 1. The summed E-state index contributed by atoms with van der Waals surface area (Å²) < 4.78 is 12.7. The van der Waals surface area contributed by atoms with Gasteiger partial charge in [-0.2, -0.15) is 4.98 Å². The third-order valence-electron chi connectivity index (χ3n) is 5.47. The maximum atomic E-state index is 12.4. The van der Waals surface area contributed by atoms with Crippen LogP contribution < -0.4 is 10.1 Å². The van der Waals surface area contributed by atoms with Crippen LogP contribution in [0.5, 0.6) is 6.01 Å². The van der Waals surface area contributed by atoms with Crippen molar-refractivity contribution in [1.29, 1.82) is 0 Å². The Morgan fingerprint density at radius 3 is 2.39 bits per heavy atom. The number of nitrogens with zero attached hydrogens (tertiary/aromatic N) is 4. The fourth-order valence-corrected chi connectivity index (χ4v) is 3.51. The highest BCUT2D eigenvalue weighted by molar-refractivity contribution is 6.02. The van der Waals surface area contributed by atoms with Crippen LogP contribution in [0.4, 0.5) is 11.4 Å². The van der Waals surface area contributed by atoms with Gasteiger partial charge in [0.25, 0.3) is 5.69 Å². The highest BCUT2D eigenvalue weighted by Crippen LogP contribution is 2.25. The summed E-state index contributed by atoms with van der Waals surface area (Å²) in [5.74, 6) is 0.293. The number of hydrogen-bond donors (Lipinski definition) is 1. The Labute approximate surface area is 219 Å². The minimum atomic E-state index is -0.469. The molecule has 0 spiro atoms. The van der Waals surface area contributed by atoms with Crippen molar-refractivity contribution in [1.82, 2.24) is 14.8 Å². The van der Waals surface area contributed by atoms with Gasteiger partial charge in [-0.25, -0.2) is 4.68 Å². The Morgan fingerprint density at radius 2 is 1.74 bits per heavy atom. The number of hydrogen-bond acceptors (Lipinski definition) is 7. The molecule has 1 heterocycles. The molecule has 4 aromatic rings. The summed E-state index contributed by atoms with van der Waals surface area (Å²) in [6.07, 6.45) is 2.96. The smallest absolute Gasteiger partial charge is 0.336 e. The van der Waals surface area contributed by atoms with E-state index in [1.54, 1.807) is 35.0 Å². The lowest BCUT2D eigenvalue weighted by atomic mass is 10.1. The number of aromatic nitrogens is 3. The Kier molecular flexibility index (Phi) is 8.57. The molecule has 0 saturated carbocycles. The van der Waals surface area contributed by atoms with Crippen LogP contribution in [0, 0.1) is 17.0 Å². The molecule has 1 aromatic heterocycles. The standard InChI is InChI=1S/C28H27N5O5/c1-3-37-18-19-38-28-30-27(22-9-4-20(2)5-10-22)32(31-28)24-15-11-23(12-16-24)29-26(34)17-8-21-6-13-25(14-7-21)33(35)36/h4-17H,3,18-19H2,1-2H3,(H,29,34)/b17-8+. The highest BCUT2D eigenvalue weighted by Gasteiger charge is 2.15. The van der Waals surface area contributed by atoms with Crippen LogP contribution in [-0.4, -0.2) is 45.4 Å². The Bertz CT molecular complexity index is 1410. The monoisotopic (exact) mass is 513 g/mol. The summed E-state index contributed by atoms with van der Waals surface area (Å²) in [4.78, 5) is 27.3. The van der Waals surface area contributed by atoms with Gasteiger partial charge in [-0.05, 0) is 61.9 Å². The molecule has 0 bridgehead atoms. The van der Waals surface area contributed by atoms with E-state index in [1.807, 2.05) is 50.2 Å². The van der Waals surface area contributed by atoms with Crippen LogP contribution in [0.3, 0.4) is 0 Å². The van der Waals surface area contributed by atoms with E-state index in [2.05, 4.69) is 15.4 Å². The Morgan fingerprint density at radius 1 is 1.03 bits per heavy atom. The van der Waals surface area contributed by atoms with Gasteiger partial charge in [-0.15, -0.1) is 5.10 Å².